The van der Waals surface area contributed by atoms with Crippen LogP contribution >= 0.6 is 0 Å². The molecular formula is C11H21N3O4. The Bertz CT molecular complexity index is 323. The lowest BCUT2D eigenvalue weighted by atomic mass is 10.0. The van der Waals surface area contributed by atoms with Gasteiger partial charge in [-0.25, -0.2) is 0 Å². The number of amides is 1. The topological polar surface area (TPSA) is 105 Å². The highest BCUT2D eigenvalue weighted by Crippen LogP contribution is 2.18. The number of likely N-dealkylation sites (tertiary alicyclic amines) is 1. The number of nitrogens with zero attached hydrogens (tertiary/aromatic N) is 1. The maximum absolute atomic E-state index is 11.7. The van der Waals surface area contributed by atoms with Crippen molar-refractivity contribution in [2.24, 2.45) is 5.73 Å². The monoisotopic (exact) mass is 259 g/mol. The van der Waals surface area contributed by atoms with E-state index in [9.17, 15) is 9.59 Å². The molecule has 1 amide bonds. The van der Waals surface area contributed by atoms with Crippen molar-refractivity contribution in [1.82, 2.24) is 10.2 Å². The fourth-order valence-corrected chi connectivity index (χ4v) is 2.04. The minimum atomic E-state index is -1.22. The molecule has 1 saturated heterocycles. The number of ether oxygens (including phenoxy) is 1. The minimum Gasteiger partial charge on any atom is -0.480 e. The van der Waals surface area contributed by atoms with Crippen LogP contribution in [0.2, 0.25) is 0 Å². The maximum Gasteiger partial charge on any atom is 0.325 e. The zero-order valence-electron chi connectivity index (χ0n) is 10.8. The second-order valence-corrected chi connectivity index (χ2v) is 4.85. The van der Waals surface area contributed by atoms with Crippen LogP contribution in [0.15, 0.2) is 0 Å². The molecule has 0 aromatic carbocycles. The quantitative estimate of drug-likeness (QED) is 0.543. The molecule has 1 aliphatic heterocycles. The Labute approximate surface area is 106 Å². The van der Waals surface area contributed by atoms with Crippen LogP contribution in [0.1, 0.15) is 13.3 Å². The lowest BCUT2D eigenvalue weighted by Crippen LogP contribution is -2.51. The van der Waals surface area contributed by atoms with Crippen LogP contribution in [0.3, 0.4) is 0 Å². The number of rotatable bonds is 6. The molecule has 4 N–H and O–H groups in total. The van der Waals surface area contributed by atoms with Gasteiger partial charge in [-0.05, 0) is 13.3 Å². The van der Waals surface area contributed by atoms with Crippen LogP contribution in [0.4, 0.5) is 0 Å². The highest BCUT2D eigenvalue weighted by Gasteiger charge is 2.41. The Balaban J connectivity index is 2.37. The van der Waals surface area contributed by atoms with Crippen molar-refractivity contribution < 1.29 is 19.4 Å². The van der Waals surface area contributed by atoms with Crippen molar-refractivity contribution in [3.05, 3.63) is 0 Å². The molecule has 7 heteroatoms. The molecule has 0 spiro atoms. The normalized spacial score (nSPS) is 25.9. The summed E-state index contributed by atoms with van der Waals surface area (Å²) in [5.41, 5.74) is 4.50. The number of carboxylic acid groups (broad SMARTS) is 1. The van der Waals surface area contributed by atoms with Gasteiger partial charge in [0.25, 0.3) is 0 Å². The lowest BCUT2D eigenvalue weighted by Gasteiger charge is -2.20. The molecule has 104 valence electrons. The van der Waals surface area contributed by atoms with Gasteiger partial charge in [0.2, 0.25) is 5.91 Å². The van der Waals surface area contributed by atoms with Gasteiger partial charge in [-0.3, -0.25) is 14.5 Å². The van der Waals surface area contributed by atoms with Crippen molar-refractivity contribution in [3.8, 4) is 0 Å². The molecule has 1 rings (SSSR count). The van der Waals surface area contributed by atoms with E-state index < -0.39 is 11.5 Å². The summed E-state index contributed by atoms with van der Waals surface area (Å²) in [5.74, 6) is -1.16. The Morgan fingerprint density at radius 1 is 1.61 bits per heavy atom. The summed E-state index contributed by atoms with van der Waals surface area (Å²) < 4.78 is 4.91. The number of carbonyl (C=O) groups is 2. The third-order valence-corrected chi connectivity index (χ3v) is 3.00. The average Bonchev–Trinajstić information content (AvgIpc) is 2.61. The zero-order chi connectivity index (χ0) is 13.8. The predicted octanol–water partition coefficient (Wildman–Crippen LogP) is -1.37. The Kier molecular flexibility index (Phi) is 5.06. The van der Waals surface area contributed by atoms with Crippen molar-refractivity contribution in [1.29, 1.82) is 0 Å². The van der Waals surface area contributed by atoms with Crippen LogP contribution in [0.25, 0.3) is 0 Å². The van der Waals surface area contributed by atoms with Crippen molar-refractivity contribution in [3.63, 3.8) is 0 Å². The molecule has 1 heterocycles. The highest BCUT2D eigenvalue weighted by molar-refractivity contribution is 5.81. The molecule has 1 fully saturated rings. The first-order valence-electron chi connectivity index (χ1n) is 5.90. The highest BCUT2D eigenvalue weighted by atomic mass is 16.5. The number of hydrogen-bond donors (Lipinski definition) is 3. The Morgan fingerprint density at radius 2 is 2.28 bits per heavy atom. The number of aliphatic carboxylic acids is 1. The summed E-state index contributed by atoms with van der Waals surface area (Å²) in [4.78, 5) is 24.4. The zero-order valence-corrected chi connectivity index (χ0v) is 10.8. The molecule has 0 aliphatic carbocycles. The van der Waals surface area contributed by atoms with E-state index in [0.717, 1.165) is 0 Å². The van der Waals surface area contributed by atoms with Crippen LogP contribution in [-0.4, -0.2) is 66.8 Å². The number of nitrogens with one attached hydrogen (secondary N) is 1. The van der Waals surface area contributed by atoms with E-state index in [0.29, 0.717) is 19.6 Å². The summed E-state index contributed by atoms with van der Waals surface area (Å²) in [6.45, 7) is 3.18. The van der Waals surface area contributed by atoms with Crippen LogP contribution in [0, 0.1) is 0 Å². The van der Waals surface area contributed by atoms with Crippen molar-refractivity contribution >= 4 is 11.9 Å². The fourth-order valence-electron chi connectivity index (χ4n) is 2.04. The van der Waals surface area contributed by atoms with E-state index in [1.807, 2.05) is 6.92 Å². The summed E-state index contributed by atoms with van der Waals surface area (Å²) in [7, 11) is 1.57. The second-order valence-electron chi connectivity index (χ2n) is 4.85. The van der Waals surface area contributed by atoms with Gasteiger partial charge >= 0.3 is 5.97 Å². The van der Waals surface area contributed by atoms with E-state index in [-0.39, 0.29) is 25.0 Å². The maximum atomic E-state index is 11.7. The van der Waals surface area contributed by atoms with Gasteiger partial charge < -0.3 is 20.9 Å². The molecule has 0 aromatic rings. The minimum absolute atomic E-state index is 0.0628. The molecule has 2 unspecified atom stereocenters. The smallest absolute Gasteiger partial charge is 0.325 e. The molecule has 0 bridgehead atoms. The first kappa shape index (κ1) is 14.9. The third-order valence-electron chi connectivity index (χ3n) is 3.00. The molecule has 0 radical (unpaired) electrons. The standard InChI is InChI=1S/C11H21N3O4/c1-8(6-18-2)13-9(15)5-14-4-3-11(12,7-14)10(16)17/h8H,3-7,12H2,1-2H3,(H,13,15)(H,16,17). The first-order valence-corrected chi connectivity index (χ1v) is 5.90. The van der Waals surface area contributed by atoms with Crippen LogP contribution < -0.4 is 11.1 Å². The summed E-state index contributed by atoms with van der Waals surface area (Å²) in [6.07, 6.45) is 0.364. The van der Waals surface area contributed by atoms with E-state index in [1.54, 1.807) is 12.0 Å². The van der Waals surface area contributed by atoms with Gasteiger partial charge in [0.1, 0.15) is 5.54 Å². The molecule has 1 aliphatic rings. The third kappa shape index (κ3) is 3.94. The molecule has 7 nitrogen and oxygen atoms in total. The van der Waals surface area contributed by atoms with E-state index in [4.69, 9.17) is 15.6 Å². The first-order chi connectivity index (χ1) is 8.37. The average molecular weight is 259 g/mol. The van der Waals surface area contributed by atoms with Crippen molar-refractivity contribution in [2.75, 3.05) is 33.4 Å². The van der Waals surface area contributed by atoms with E-state index in [2.05, 4.69) is 5.32 Å². The van der Waals surface area contributed by atoms with Gasteiger partial charge in [0.05, 0.1) is 13.2 Å². The van der Waals surface area contributed by atoms with Gasteiger partial charge in [0.15, 0.2) is 0 Å². The SMILES string of the molecule is COCC(C)NC(=O)CN1CCC(N)(C(=O)O)C1. The molecule has 0 saturated carbocycles. The Hall–Kier alpha value is -1.18. The number of hydrogen-bond acceptors (Lipinski definition) is 5. The van der Waals surface area contributed by atoms with Gasteiger partial charge in [0, 0.05) is 26.2 Å². The van der Waals surface area contributed by atoms with Gasteiger partial charge in [-0.15, -0.1) is 0 Å². The number of carbonyl (C=O) groups excluding carboxylic acids is 1. The Morgan fingerprint density at radius 3 is 2.78 bits per heavy atom. The summed E-state index contributed by atoms with van der Waals surface area (Å²) in [5, 5.41) is 11.7. The second kappa shape index (κ2) is 6.12. The summed E-state index contributed by atoms with van der Waals surface area (Å²) >= 11 is 0. The van der Waals surface area contributed by atoms with Crippen LogP contribution in [-0.2, 0) is 14.3 Å². The predicted molar refractivity (Wildman–Crippen MR) is 65.1 cm³/mol. The van der Waals surface area contributed by atoms with E-state index >= 15 is 0 Å². The molecule has 18 heavy (non-hydrogen) atoms. The number of methoxy groups -OCH3 is 1. The largest absolute Gasteiger partial charge is 0.480 e. The van der Waals surface area contributed by atoms with Crippen LogP contribution in [0.5, 0.6) is 0 Å². The number of carboxylic acids is 1. The van der Waals surface area contributed by atoms with Gasteiger partial charge in [-0.2, -0.15) is 0 Å². The molecule has 2 atom stereocenters. The lowest BCUT2D eigenvalue weighted by molar-refractivity contribution is -0.143. The summed E-state index contributed by atoms with van der Waals surface area (Å²) in [6, 6.07) is -0.0628. The molecular weight excluding hydrogens is 238 g/mol. The van der Waals surface area contributed by atoms with E-state index in [1.165, 1.54) is 0 Å². The number of nitrogens with two attached hydrogens (primary N) is 1. The van der Waals surface area contributed by atoms with Crippen molar-refractivity contribution in [2.45, 2.75) is 24.9 Å². The van der Waals surface area contributed by atoms with Gasteiger partial charge in [-0.1, -0.05) is 0 Å². The molecule has 0 aromatic heterocycles. The fraction of sp³-hybridized carbons (Fsp3) is 0.818.